The number of halogens is 2. The number of nitrogens with one attached hydrogen (secondary N) is 1. The highest BCUT2D eigenvalue weighted by Gasteiger charge is 2.30. The molecule has 7 heteroatoms. The van der Waals surface area contributed by atoms with Gasteiger partial charge in [0.25, 0.3) is 0 Å². The van der Waals surface area contributed by atoms with E-state index >= 15 is 0 Å². The molecule has 168 valence electrons. The number of carbonyl (C=O) groups is 2. The van der Waals surface area contributed by atoms with Gasteiger partial charge in [-0.05, 0) is 62.6 Å². The zero-order valence-electron chi connectivity index (χ0n) is 18.5. The van der Waals surface area contributed by atoms with Gasteiger partial charge in [-0.1, -0.05) is 42.8 Å². The molecular weight excluding hydrogens is 435 g/mol. The molecule has 0 saturated carbocycles. The van der Waals surface area contributed by atoms with Crippen molar-refractivity contribution in [2.24, 2.45) is 0 Å². The largest absolute Gasteiger partial charge is 0.350 e. The Morgan fingerprint density at radius 2 is 1.81 bits per heavy atom. The summed E-state index contributed by atoms with van der Waals surface area (Å²) < 4.78 is 13.3. The van der Waals surface area contributed by atoms with E-state index in [4.69, 9.17) is 11.6 Å². The summed E-state index contributed by atoms with van der Waals surface area (Å²) in [7, 11) is 0. The molecular formula is C24H30ClFN2O2S. The first-order chi connectivity index (χ1) is 14.6. The minimum Gasteiger partial charge on any atom is -0.350 e. The lowest BCUT2D eigenvalue weighted by molar-refractivity contribution is -0.140. The molecule has 0 spiro atoms. The van der Waals surface area contributed by atoms with Crippen molar-refractivity contribution in [2.45, 2.75) is 58.0 Å². The van der Waals surface area contributed by atoms with Crippen LogP contribution in [0.1, 0.15) is 45.2 Å². The summed E-state index contributed by atoms with van der Waals surface area (Å²) in [6.07, 6.45) is 0.480. The second-order valence-corrected chi connectivity index (χ2v) is 9.86. The minimum absolute atomic E-state index is 0.132. The van der Waals surface area contributed by atoms with Gasteiger partial charge in [0.15, 0.2) is 0 Å². The second-order valence-electron chi connectivity index (χ2n) is 8.43. The standard InChI is InChI=1S/C24H30ClFN2O2S/c1-5-21(23(30)27-24(2,3)4)28(14-17-9-11-20(26)12-10-17)22(29)16-31-15-18-7-6-8-19(25)13-18/h6-13,21H,5,14-16H2,1-4H3,(H,27,30)/t21-/m1/s1. The highest BCUT2D eigenvalue weighted by Crippen LogP contribution is 2.20. The van der Waals surface area contributed by atoms with E-state index in [9.17, 15) is 14.0 Å². The first-order valence-electron chi connectivity index (χ1n) is 10.3. The van der Waals surface area contributed by atoms with Crippen LogP contribution in [-0.2, 0) is 21.9 Å². The molecule has 0 aliphatic rings. The maximum Gasteiger partial charge on any atom is 0.243 e. The van der Waals surface area contributed by atoms with Crippen LogP contribution in [0.25, 0.3) is 0 Å². The molecule has 0 aromatic heterocycles. The van der Waals surface area contributed by atoms with Gasteiger partial charge in [0, 0.05) is 22.9 Å². The monoisotopic (exact) mass is 464 g/mol. The first-order valence-corrected chi connectivity index (χ1v) is 11.8. The Kier molecular flexibility index (Phi) is 9.38. The van der Waals surface area contributed by atoms with Gasteiger partial charge in [0.05, 0.1) is 5.75 Å². The van der Waals surface area contributed by atoms with E-state index < -0.39 is 11.6 Å². The van der Waals surface area contributed by atoms with E-state index in [1.54, 1.807) is 17.0 Å². The number of carbonyl (C=O) groups excluding carboxylic acids is 2. The number of nitrogens with zero attached hydrogens (tertiary/aromatic N) is 1. The fourth-order valence-electron chi connectivity index (χ4n) is 3.12. The van der Waals surface area contributed by atoms with Gasteiger partial charge < -0.3 is 10.2 Å². The Labute approximate surface area is 193 Å². The van der Waals surface area contributed by atoms with Crippen LogP contribution in [0, 0.1) is 5.82 Å². The maximum atomic E-state index is 13.3. The van der Waals surface area contributed by atoms with Crippen LogP contribution in [0.4, 0.5) is 4.39 Å². The van der Waals surface area contributed by atoms with Crippen LogP contribution in [0.2, 0.25) is 5.02 Å². The molecule has 2 aromatic rings. The van der Waals surface area contributed by atoms with Crippen molar-refractivity contribution >= 4 is 35.2 Å². The third-order valence-electron chi connectivity index (χ3n) is 4.53. The van der Waals surface area contributed by atoms with E-state index in [-0.39, 0.29) is 29.9 Å². The summed E-state index contributed by atoms with van der Waals surface area (Å²) in [6, 6.07) is 12.9. The lowest BCUT2D eigenvalue weighted by Crippen LogP contribution is -2.53. The number of benzene rings is 2. The smallest absolute Gasteiger partial charge is 0.243 e. The van der Waals surface area contributed by atoms with Gasteiger partial charge in [-0.25, -0.2) is 4.39 Å². The maximum absolute atomic E-state index is 13.3. The molecule has 0 radical (unpaired) electrons. The van der Waals surface area contributed by atoms with Gasteiger partial charge in [-0.3, -0.25) is 9.59 Å². The van der Waals surface area contributed by atoms with Gasteiger partial charge in [-0.15, -0.1) is 11.8 Å². The van der Waals surface area contributed by atoms with Gasteiger partial charge in [-0.2, -0.15) is 0 Å². The van der Waals surface area contributed by atoms with E-state index in [1.165, 1.54) is 23.9 Å². The number of rotatable bonds is 9. The van der Waals surface area contributed by atoms with Crippen LogP contribution in [0.5, 0.6) is 0 Å². The van der Waals surface area contributed by atoms with Crippen molar-refractivity contribution in [3.63, 3.8) is 0 Å². The van der Waals surface area contributed by atoms with Crippen LogP contribution in [0.15, 0.2) is 48.5 Å². The molecule has 0 aliphatic heterocycles. The Bertz CT molecular complexity index is 884. The fourth-order valence-corrected chi connectivity index (χ4v) is 4.20. The molecule has 2 rings (SSSR count). The third-order valence-corrected chi connectivity index (χ3v) is 5.76. The summed E-state index contributed by atoms with van der Waals surface area (Å²) in [6.45, 7) is 7.85. The van der Waals surface area contributed by atoms with Crippen molar-refractivity contribution in [3.8, 4) is 0 Å². The lowest BCUT2D eigenvalue weighted by Gasteiger charge is -2.33. The molecule has 0 fully saturated rings. The lowest BCUT2D eigenvalue weighted by atomic mass is 10.1. The van der Waals surface area contributed by atoms with Crippen LogP contribution >= 0.6 is 23.4 Å². The van der Waals surface area contributed by atoms with Gasteiger partial charge in [0.1, 0.15) is 11.9 Å². The molecule has 2 aromatic carbocycles. The zero-order valence-corrected chi connectivity index (χ0v) is 20.0. The van der Waals surface area contributed by atoms with Crippen LogP contribution < -0.4 is 5.32 Å². The molecule has 31 heavy (non-hydrogen) atoms. The predicted octanol–water partition coefficient (Wildman–Crippen LogP) is 5.43. The molecule has 0 unspecified atom stereocenters. The van der Waals surface area contributed by atoms with E-state index in [0.717, 1.165) is 11.1 Å². The fraction of sp³-hybridized carbons (Fsp3) is 0.417. The molecule has 0 saturated heterocycles. The first kappa shape index (κ1) is 25.2. The second kappa shape index (κ2) is 11.5. The van der Waals surface area contributed by atoms with Crippen molar-refractivity contribution in [2.75, 3.05) is 5.75 Å². The normalized spacial score (nSPS) is 12.3. The van der Waals surface area contributed by atoms with Crippen molar-refractivity contribution in [1.82, 2.24) is 10.2 Å². The Hall–Kier alpha value is -2.05. The summed E-state index contributed by atoms with van der Waals surface area (Å²) in [4.78, 5) is 27.7. The van der Waals surface area contributed by atoms with Gasteiger partial charge in [0.2, 0.25) is 11.8 Å². The molecule has 4 nitrogen and oxygen atoms in total. The molecule has 2 amide bonds. The highest BCUT2D eigenvalue weighted by molar-refractivity contribution is 7.99. The molecule has 0 aliphatic carbocycles. The molecule has 1 N–H and O–H groups in total. The summed E-state index contributed by atoms with van der Waals surface area (Å²) >= 11 is 7.51. The number of hydrogen-bond acceptors (Lipinski definition) is 3. The average molecular weight is 465 g/mol. The number of amides is 2. The topological polar surface area (TPSA) is 49.4 Å². The highest BCUT2D eigenvalue weighted by atomic mass is 35.5. The Morgan fingerprint density at radius 1 is 1.13 bits per heavy atom. The molecule has 1 atom stereocenters. The number of thioether (sulfide) groups is 1. The molecule has 0 bridgehead atoms. The Morgan fingerprint density at radius 3 is 2.39 bits per heavy atom. The quantitative estimate of drug-likeness (QED) is 0.538. The van der Waals surface area contributed by atoms with Crippen molar-refractivity contribution in [3.05, 3.63) is 70.5 Å². The predicted molar refractivity (Wildman–Crippen MR) is 127 cm³/mol. The van der Waals surface area contributed by atoms with E-state index in [2.05, 4.69) is 5.32 Å². The van der Waals surface area contributed by atoms with Crippen molar-refractivity contribution in [1.29, 1.82) is 0 Å². The summed E-state index contributed by atoms with van der Waals surface area (Å²) in [5.74, 6) is 0.211. The van der Waals surface area contributed by atoms with Crippen LogP contribution in [0.3, 0.4) is 0 Å². The third kappa shape index (κ3) is 8.54. The van der Waals surface area contributed by atoms with Crippen LogP contribution in [-0.4, -0.2) is 34.0 Å². The summed E-state index contributed by atoms with van der Waals surface area (Å²) in [5.41, 5.74) is 1.40. The average Bonchev–Trinajstić information content (AvgIpc) is 2.68. The Balaban J connectivity index is 2.15. The van der Waals surface area contributed by atoms with E-state index in [0.29, 0.717) is 17.2 Å². The summed E-state index contributed by atoms with van der Waals surface area (Å²) in [5, 5.41) is 3.63. The zero-order chi connectivity index (χ0) is 23.0. The van der Waals surface area contributed by atoms with E-state index in [1.807, 2.05) is 52.0 Å². The molecule has 0 heterocycles. The van der Waals surface area contributed by atoms with Crippen molar-refractivity contribution < 1.29 is 14.0 Å². The number of hydrogen-bond donors (Lipinski definition) is 1. The van der Waals surface area contributed by atoms with Gasteiger partial charge >= 0.3 is 0 Å². The SMILES string of the molecule is CC[C@H](C(=O)NC(C)(C)C)N(Cc1ccc(F)cc1)C(=O)CSCc1cccc(Cl)c1. The minimum atomic E-state index is -0.608.